The number of piperidine rings is 1. The molecule has 124 valence electrons. The van der Waals surface area contributed by atoms with E-state index < -0.39 is 0 Å². The summed E-state index contributed by atoms with van der Waals surface area (Å²) in [6, 6.07) is 1.99. The highest BCUT2D eigenvalue weighted by atomic mass is 16.4. The Morgan fingerprint density at radius 2 is 2.35 bits per heavy atom. The summed E-state index contributed by atoms with van der Waals surface area (Å²) in [5.74, 6) is 1.89. The molecule has 3 rings (SSSR count). The molecule has 0 unspecified atom stereocenters. The molecule has 1 fully saturated rings. The molecule has 0 radical (unpaired) electrons. The first kappa shape index (κ1) is 15.7. The number of carbonyl (C=O) groups is 1. The Balaban J connectivity index is 1.53. The van der Waals surface area contributed by atoms with Crippen molar-refractivity contribution >= 4 is 5.91 Å². The number of aryl methyl sites for hydroxylation is 1. The quantitative estimate of drug-likeness (QED) is 0.914. The second-order valence-electron chi connectivity index (χ2n) is 6.38. The number of aromatic amines is 1. The zero-order chi connectivity index (χ0) is 16.2. The molecule has 0 bridgehead atoms. The number of nitrogens with one attached hydrogen (secondary N) is 1. The van der Waals surface area contributed by atoms with Crippen molar-refractivity contribution in [1.82, 2.24) is 25.3 Å². The van der Waals surface area contributed by atoms with E-state index in [0.717, 1.165) is 31.6 Å². The van der Waals surface area contributed by atoms with Gasteiger partial charge in [-0.15, -0.1) is 10.2 Å². The Morgan fingerprint density at radius 1 is 1.48 bits per heavy atom. The molecule has 2 aromatic rings. The second kappa shape index (κ2) is 6.93. The predicted molar refractivity (Wildman–Crippen MR) is 83.9 cm³/mol. The van der Waals surface area contributed by atoms with Crippen LogP contribution in [-0.4, -0.2) is 44.3 Å². The summed E-state index contributed by atoms with van der Waals surface area (Å²) in [5.41, 5.74) is 1.11. The van der Waals surface area contributed by atoms with Crippen molar-refractivity contribution in [2.24, 2.45) is 0 Å². The molecule has 1 N–H and O–H groups in total. The van der Waals surface area contributed by atoms with Crippen LogP contribution < -0.4 is 0 Å². The van der Waals surface area contributed by atoms with Crippen molar-refractivity contribution in [3.05, 3.63) is 29.7 Å². The Kier molecular flexibility index (Phi) is 4.73. The number of aromatic nitrogens is 4. The molecule has 23 heavy (non-hydrogen) atoms. The molecule has 7 heteroatoms. The number of H-pyrrole nitrogens is 1. The molecule has 2 aromatic heterocycles. The van der Waals surface area contributed by atoms with Gasteiger partial charge in [0.1, 0.15) is 0 Å². The van der Waals surface area contributed by atoms with Gasteiger partial charge in [-0.3, -0.25) is 9.89 Å². The van der Waals surface area contributed by atoms with Crippen LogP contribution in [0.15, 0.2) is 16.7 Å². The van der Waals surface area contributed by atoms with Crippen molar-refractivity contribution in [3.8, 4) is 0 Å². The van der Waals surface area contributed by atoms with Crippen LogP contribution in [0.1, 0.15) is 62.4 Å². The summed E-state index contributed by atoms with van der Waals surface area (Å²) in [6.07, 6.45) is 4.79. The number of likely N-dealkylation sites (tertiary alicyclic amines) is 1. The van der Waals surface area contributed by atoms with Gasteiger partial charge in [0.05, 0.1) is 0 Å². The van der Waals surface area contributed by atoms with E-state index in [1.54, 1.807) is 6.20 Å². The summed E-state index contributed by atoms with van der Waals surface area (Å²) in [4.78, 5) is 14.4. The summed E-state index contributed by atoms with van der Waals surface area (Å²) in [5, 5.41) is 15.0. The minimum Gasteiger partial charge on any atom is -0.425 e. The summed E-state index contributed by atoms with van der Waals surface area (Å²) in [6.45, 7) is 5.59. The van der Waals surface area contributed by atoms with Crippen LogP contribution in [0.25, 0.3) is 0 Å². The second-order valence-corrected chi connectivity index (χ2v) is 6.38. The van der Waals surface area contributed by atoms with Gasteiger partial charge >= 0.3 is 0 Å². The fourth-order valence-corrected chi connectivity index (χ4v) is 2.92. The first-order valence-corrected chi connectivity index (χ1v) is 8.23. The van der Waals surface area contributed by atoms with Crippen molar-refractivity contribution < 1.29 is 9.21 Å². The Labute approximate surface area is 135 Å². The number of hydrogen-bond donors (Lipinski definition) is 1. The highest BCUT2D eigenvalue weighted by Gasteiger charge is 2.25. The third-order valence-electron chi connectivity index (χ3n) is 4.27. The van der Waals surface area contributed by atoms with Gasteiger partial charge in [-0.25, -0.2) is 0 Å². The first-order chi connectivity index (χ1) is 11.1. The highest BCUT2D eigenvalue weighted by Crippen LogP contribution is 2.25. The summed E-state index contributed by atoms with van der Waals surface area (Å²) < 4.78 is 5.56. The topological polar surface area (TPSA) is 87.9 Å². The van der Waals surface area contributed by atoms with Gasteiger partial charge in [-0.1, -0.05) is 13.8 Å². The van der Waals surface area contributed by atoms with Crippen molar-refractivity contribution in [2.45, 2.75) is 51.4 Å². The van der Waals surface area contributed by atoms with E-state index in [0.29, 0.717) is 30.5 Å². The largest absolute Gasteiger partial charge is 0.425 e. The van der Waals surface area contributed by atoms with Crippen LogP contribution in [0.4, 0.5) is 0 Å². The number of carbonyl (C=O) groups excluding carboxylic acids is 1. The van der Waals surface area contributed by atoms with Crippen LogP contribution in [0.5, 0.6) is 0 Å². The zero-order valence-corrected chi connectivity index (χ0v) is 13.7. The first-order valence-electron chi connectivity index (χ1n) is 8.23. The third kappa shape index (κ3) is 3.78. The molecule has 0 aromatic carbocycles. The average molecular weight is 317 g/mol. The molecular formula is C16H23N5O2. The minimum absolute atomic E-state index is 0.151. The van der Waals surface area contributed by atoms with Gasteiger partial charge in [0, 0.05) is 49.7 Å². The molecule has 1 amide bonds. The van der Waals surface area contributed by atoms with E-state index in [9.17, 15) is 4.79 Å². The van der Waals surface area contributed by atoms with Gasteiger partial charge in [0.15, 0.2) is 0 Å². The van der Waals surface area contributed by atoms with Gasteiger partial charge in [0.2, 0.25) is 17.7 Å². The summed E-state index contributed by atoms with van der Waals surface area (Å²) >= 11 is 0. The predicted octanol–water partition coefficient (Wildman–Crippen LogP) is 2.25. The maximum Gasteiger partial charge on any atom is 0.223 e. The normalized spacial score (nSPS) is 18.6. The molecule has 0 saturated carbocycles. The van der Waals surface area contributed by atoms with E-state index in [1.165, 1.54) is 0 Å². The molecule has 1 saturated heterocycles. The number of rotatable bonds is 5. The lowest BCUT2D eigenvalue weighted by Crippen LogP contribution is -2.39. The minimum atomic E-state index is 0.151. The van der Waals surface area contributed by atoms with Gasteiger partial charge in [0.25, 0.3) is 0 Å². The average Bonchev–Trinajstić information content (AvgIpc) is 3.24. The van der Waals surface area contributed by atoms with E-state index >= 15 is 0 Å². The lowest BCUT2D eigenvalue weighted by Gasteiger charge is -2.32. The van der Waals surface area contributed by atoms with Crippen LogP contribution in [0, 0.1) is 0 Å². The van der Waals surface area contributed by atoms with E-state index in [4.69, 9.17) is 4.42 Å². The third-order valence-corrected chi connectivity index (χ3v) is 4.27. The van der Waals surface area contributed by atoms with Gasteiger partial charge in [-0.05, 0) is 18.9 Å². The molecule has 3 heterocycles. The monoisotopic (exact) mass is 317 g/mol. The fourth-order valence-electron chi connectivity index (χ4n) is 2.92. The highest BCUT2D eigenvalue weighted by molar-refractivity contribution is 5.76. The number of nitrogens with zero attached hydrogens (tertiary/aromatic N) is 4. The van der Waals surface area contributed by atoms with Crippen molar-refractivity contribution in [1.29, 1.82) is 0 Å². The van der Waals surface area contributed by atoms with E-state index in [2.05, 4.69) is 20.4 Å². The maximum absolute atomic E-state index is 12.4. The number of amides is 1. The van der Waals surface area contributed by atoms with Crippen LogP contribution >= 0.6 is 0 Å². The molecule has 0 spiro atoms. The molecule has 1 aliphatic heterocycles. The van der Waals surface area contributed by atoms with Crippen LogP contribution in [0.3, 0.4) is 0 Å². The molecule has 1 aliphatic rings. The number of hydrogen-bond acceptors (Lipinski definition) is 5. The maximum atomic E-state index is 12.4. The smallest absolute Gasteiger partial charge is 0.223 e. The SMILES string of the molecule is CC(C)c1nnc(CCC(=O)N2CCC[C@H](c3ccn[nH]3)C2)o1. The van der Waals surface area contributed by atoms with Gasteiger partial charge in [-0.2, -0.15) is 5.10 Å². The van der Waals surface area contributed by atoms with Gasteiger partial charge < -0.3 is 9.32 Å². The molecule has 0 aliphatic carbocycles. The summed E-state index contributed by atoms with van der Waals surface area (Å²) in [7, 11) is 0. The van der Waals surface area contributed by atoms with Crippen LogP contribution in [-0.2, 0) is 11.2 Å². The molecule has 7 nitrogen and oxygen atoms in total. The zero-order valence-electron chi connectivity index (χ0n) is 13.7. The Morgan fingerprint density at radius 3 is 3.04 bits per heavy atom. The van der Waals surface area contributed by atoms with Crippen molar-refractivity contribution in [2.75, 3.05) is 13.1 Å². The van der Waals surface area contributed by atoms with Crippen LogP contribution in [0.2, 0.25) is 0 Å². The lowest BCUT2D eigenvalue weighted by molar-refractivity contribution is -0.132. The lowest BCUT2D eigenvalue weighted by atomic mass is 9.94. The molecular weight excluding hydrogens is 294 g/mol. The fraction of sp³-hybridized carbons (Fsp3) is 0.625. The van der Waals surface area contributed by atoms with E-state index in [1.807, 2.05) is 24.8 Å². The Bertz CT molecular complexity index is 635. The molecule has 1 atom stereocenters. The van der Waals surface area contributed by atoms with E-state index in [-0.39, 0.29) is 11.8 Å². The Hall–Kier alpha value is -2.18. The standard InChI is InChI=1S/C16H23N5O2/c1-11(2)16-20-19-14(23-16)5-6-15(22)21-9-3-4-12(10-21)13-7-8-17-18-13/h7-8,11-12H,3-6,9-10H2,1-2H3,(H,17,18)/t12-/m0/s1. The van der Waals surface area contributed by atoms with Crippen molar-refractivity contribution in [3.63, 3.8) is 0 Å².